The lowest BCUT2D eigenvalue weighted by Gasteiger charge is -2.17. The van der Waals surface area contributed by atoms with Crippen LogP contribution in [0, 0.1) is 0 Å². The van der Waals surface area contributed by atoms with E-state index in [-0.39, 0.29) is 6.04 Å². The van der Waals surface area contributed by atoms with Gasteiger partial charge in [-0.1, -0.05) is 36.4 Å². The van der Waals surface area contributed by atoms with E-state index in [1.165, 1.54) is 15.3 Å². The number of hydrogen-bond donors (Lipinski definition) is 1. The fraction of sp³-hybridized carbons (Fsp3) is 0.125. The molecule has 0 fully saturated rings. The standard InChI is InChI=1S/C16H13Br2NS2/c17-13-9-12(21-16(13)18)10-19-15(14-7-4-8-20-14)11-5-2-1-3-6-11/h1-9,15,19H,10H2. The Kier molecular flexibility index (Phi) is 5.29. The average Bonchev–Trinajstić information content (AvgIpc) is 3.12. The van der Waals surface area contributed by atoms with E-state index in [4.69, 9.17) is 0 Å². The molecule has 2 aromatic heterocycles. The third-order valence-electron chi connectivity index (χ3n) is 3.14. The minimum absolute atomic E-state index is 0.242. The van der Waals surface area contributed by atoms with E-state index >= 15 is 0 Å². The van der Waals surface area contributed by atoms with Gasteiger partial charge < -0.3 is 5.32 Å². The first-order chi connectivity index (χ1) is 10.2. The Morgan fingerprint density at radius 1 is 1.05 bits per heavy atom. The number of halogens is 2. The maximum atomic E-state index is 3.67. The monoisotopic (exact) mass is 441 g/mol. The number of rotatable bonds is 5. The summed E-state index contributed by atoms with van der Waals surface area (Å²) in [5.74, 6) is 0. The van der Waals surface area contributed by atoms with Gasteiger partial charge in [-0.2, -0.15) is 0 Å². The second-order valence-electron chi connectivity index (χ2n) is 4.57. The van der Waals surface area contributed by atoms with E-state index < -0.39 is 0 Å². The number of nitrogens with one attached hydrogen (secondary N) is 1. The topological polar surface area (TPSA) is 12.0 Å². The highest BCUT2D eigenvalue weighted by molar-refractivity contribution is 9.13. The Bertz CT molecular complexity index is 673. The Morgan fingerprint density at radius 2 is 1.86 bits per heavy atom. The Balaban J connectivity index is 1.80. The van der Waals surface area contributed by atoms with Crippen LogP contribution in [0.2, 0.25) is 0 Å². The van der Waals surface area contributed by atoms with Crippen LogP contribution in [0.15, 0.2) is 62.2 Å². The first-order valence-electron chi connectivity index (χ1n) is 6.49. The molecule has 0 saturated carbocycles. The SMILES string of the molecule is Brc1cc(CNC(c2ccccc2)c2cccs2)sc1Br. The minimum Gasteiger partial charge on any atom is -0.301 e. The van der Waals surface area contributed by atoms with Gasteiger partial charge in [0.25, 0.3) is 0 Å². The molecule has 1 aromatic carbocycles. The van der Waals surface area contributed by atoms with Crippen molar-refractivity contribution in [3.63, 3.8) is 0 Å². The predicted octanol–water partition coefficient (Wildman–Crippen LogP) is 6.21. The summed E-state index contributed by atoms with van der Waals surface area (Å²) in [6, 6.07) is 17.3. The summed E-state index contributed by atoms with van der Waals surface area (Å²) in [5.41, 5.74) is 1.30. The highest BCUT2D eigenvalue weighted by Crippen LogP contribution is 2.33. The molecule has 0 saturated heterocycles. The molecule has 0 aliphatic rings. The molecule has 0 aliphatic carbocycles. The maximum absolute atomic E-state index is 3.67. The summed E-state index contributed by atoms with van der Waals surface area (Å²) in [6.07, 6.45) is 0. The first-order valence-corrected chi connectivity index (χ1v) is 9.77. The summed E-state index contributed by atoms with van der Waals surface area (Å²) >= 11 is 10.6. The van der Waals surface area contributed by atoms with Crippen molar-refractivity contribution in [3.05, 3.63) is 77.5 Å². The Labute approximate surface area is 149 Å². The molecule has 3 aromatic rings. The normalized spacial score (nSPS) is 12.5. The highest BCUT2D eigenvalue weighted by atomic mass is 79.9. The van der Waals surface area contributed by atoms with Gasteiger partial charge in [-0.05, 0) is 54.9 Å². The molecular weight excluding hydrogens is 430 g/mol. The summed E-state index contributed by atoms with van der Waals surface area (Å²) in [7, 11) is 0. The molecule has 5 heteroatoms. The van der Waals surface area contributed by atoms with Gasteiger partial charge in [-0.3, -0.25) is 0 Å². The molecule has 1 atom stereocenters. The van der Waals surface area contributed by atoms with Crippen LogP contribution < -0.4 is 5.32 Å². The van der Waals surface area contributed by atoms with Crippen molar-refractivity contribution in [3.8, 4) is 0 Å². The third kappa shape index (κ3) is 3.85. The van der Waals surface area contributed by atoms with Crippen molar-refractivity contribution in [1.29, 1.82) is 0 Å². The lowest BCUT2D eigenvalue weighted by Crippen LogP contribution is -2.20. The van der Waals surface area contributed by atoms with Crippen molar-refractivity contribution >= 4 is 54.5 Å². The second-order valence-corrected chi connectivity index (χ2v) is 8.86. The number of hydrogen-bond acceptors (Lipinski definition) is 3. The van der Waals surface area contributed by atoms with Gasteiger partial charge in [0, 0.05) is 20.8 Å². The summed E-state index contributed by atoms with van der Waals surface area (Å²) in [4.78, 5) is 2.65. The fourth-order valence-corrected chi connectivity index (χ4v) is 5.12. The van der Waals surface area contributed by atoms with Gasteiger partial charge in [0.15, 0.2) is 0 Å². The molecule has 108 valence electrons. The van der Waals surface area contributed by atoms with Crippen LogP contribution in [0.25, 0.3) is 0 Å². The Morgan fingerprint density at radius 3 is 2.48 bits per heavy atom. The van der Waals surface area contributed by atoms with Crippen LogP contribution in [0.3, 0.4) is 0 Å². The van der Waals surface area contributed by atoms with Crippen LogP contribution >= 0.6 is 54.5 Å². The van der Waals surface area contributed by atoms with Crippen LogP contribution in [0.5, 0.6) is 0 Å². The highest BCUT2D eigenvalue weighted by Gasteiger charge is 2.15. The largest absolute Gasteiger partial charge is 0.301 e. The predicted molar refractivity (Wildman–Crippen MR) is 99.2 cm³/mol. The molecule has 0 amide bonds. The van der Waals surface area contributed by atoms with E-state index in [0.29, 0.717) is 0 Å². The van der Waals surface area contributed by atoms with Crippen LogP contribution in [0.1, 0.15) is 21.4 Å². The van der Waals surface area contributed by atoms with Crippen LogP contribution in [-0.4, -0.2) is 0 Å². The van der Waals surface area contributed by atoms with Crippen LogP contribution in [-0.2, 0) is 6.54 Å². The summed E-state index contributed by atoms with van der Waals surface area (Å²) < 4.78 is 2.27. The smallest absolute Gasteiger partial charge is 0.0843 e. The molecule has 3 rings (SSSR count). The van der Waals surface area contributed by atoms with E-state index in [9.17, 15) is 0 Å². The summed E-state index contributed by atoms with van der Waals surface area (Å²) in [5, 5.41) is 5.80. The Hall–Kier alpha value is -0.460. The maximum Gasteiger partial charge on any atom is 0.0843 e. The molecule has 2 heterocycles. The van der Waals surface area contributed by atoms with Gasteiger partial charge in [0.2, 0.25) is 0 Å². The molecule has 0 spiro atoms. The fourth-order valence-electron chi connectivity index (χ4n) is 2.16. The molecule has 0 bridgehead atoms. The molecular formula is C16H13Br2NS2. The van der Waals surface area contributed by atoms with E-state index in [1.54, 1.807) is 22.7 Å². The van der Waals surface area contributed by atoms with Crippen molar-refractivity contribution in [1.82, 2.24) is 5.32 Å². The average molecular weight is 443 g/mol. The van der Waals surface area contributed by atoms with E-state index in [2.05, 4.69) is 91.1 Å². The molecule has 1 N–H and O–H groups in total. The number of thiophene rings is 2. The molecule has 1 nitrogen and oxygen atoms in total. The zero-order chi connectivity index (χ0) is 14.7. The third-order valence-corrected chi connectivity index (χ3v) is 7.33. The van der Waals surface area contributed by atoms with Gasteiger partial charge in [-0.25, -0.2) is 0 Å². The summed E-state index contributed by atoms with van der Waals surface area (Å²) in [6.45, 7) is 0.853. The molecule has 0 aliphatic heterocycles. The quantitative estimate of drug-likeness (QED) is 0.494. The van der Waals surface area contributed by atoms with Crippen molar-refractivity contribution < 1.29 is 0 Å². The second kappa shape index (κ2) is 7.20. The van der Waals surface area contributed by atoms with E-state index in [1.807, 2.05) is 0 Å². The van der Waals surface area contributed by atoms with Crippen molar-refractivity contribution in [2.24, 2.45) is 0 Å². The van der Waals surface area contributed by atoms with Crippen LogP contribution in [0.4, 0.5) is 0 Å². The number of benzene rings is 1. The van der Waals surface area contributed by atoms with Gasteiger partial charge in [0.1, 0.15) is 0 Å². The minimum atomic E-state index is 0.242. The lowest BCUT2D eigenvalue weighted by molar-refractivity contribution is 0.618. The van der Waals surface area contributed by atoms with Crippen molar-refractivity contribution in [2.75, 3.05) is 0 Å². The molecule has 1 unspecified atom stereocenters. The zero-order valence-electron chi connectivity index (χ0n) is 11.1. The first kappa shape index (κ1) is 15.4. The molecule has 0 radical (unpaired) electrons. The van der Waals surface area contributed by atoms with Gasteiger partial charge in [0.05, 0.1) is 9.83 Å². The molecule has 21 heavy (non-hydrogen) atoms. The zero-order valence-corrected chi connectivity index (χ0v) is 15.9. The van der Waals surface area contributed by atoms with Gasteiger partial charge in [-0.15, -0.1) is 22.7 Å². The lowest BCUT2D eigenvalue weighted by atomic mass is 10.1. The van der Waals surface area contributed by atoms with Gasteiger partial charge >= 0.3 is 0 Å². The van der Waals surface area contributed by atoms with Crippen molar-refractivity contribution in [2.45, 2.75) is 12.6 Å². The van der Waals surface area contributed by atoms with E-state index in [0.717, 1.165) is 14.8 Å².